The third kappa shape index (κ3) is 3.52. The quantitative estimate of drug-likeness (QED) is 0.804. The van der Waals surface area contributed by atoms with Gasteiger partial charge in [0.05, 0.1) is 41.8 Å². The summed E-state index contributed by atoms with van der Waals surface area (Å²) in [6, 6.07) is 3.62. The Morgan fingerprint density at radius 1 is 1.14 bits per heavy atom. The van der Waals surface area contributed by atoms with E-state index in [0.29, 0.717) is 44.0 Å². The first-order valence-corrected chi connectivity index (χ1v) is 9.69. The molecule has 0 spiro atoms. The van der Waals surface area contributed by atoms with Gasteiger partial charge in [0.1, 0.15) is 0 Å². The molecule has 2 amide bonds. The van der Waals surface area contributed by atoms with E-state index in [-0.39, 0.29) is 17.9 Å². The largest absolute Gasteiger partial charge is 0.378 e. The lowest BCUT2D eigenvalue weighted by molar-refractivity contribution is 0.0302. The van der Waals surface area contributed by atoms with E-state index in [1.807, 2.05) is 31.0 Å². The summed E-state index contributed by atoms with van der Waals surface area (Å²) in [5.74, 6) is -0.0314. The van der Waals surface area contributed by atoms with Gasteiger partial charge in [-0.25, -0.2) is 0 Å². The van der Waals surface area contributed by atoms with E-state index in [1.165, 1.54) is 0 Å². The van der Waals surface area contributed by atoms with Gasteiger partial charge >= 0.3 is 0 Å². The van der Waals surface area contributed by atoms with Crippen LogP contribution in [0.4, 0.5) is 0 Å². The number of hydrogen-bond donors (Lipinski definition) is 0. The molecule has 28 heavy (non-hydrogen) atoms. The number of morpholine rings is 1. The molecule has 2 aromatic rings. The molecule has 8 nitrogen and oxygen atoms in total. The van der Waals surface area contributed by atoms with Gasteiger partial charge in [0, 0.05) is 39.1 Å². The van der Waals surface area contributed by atoms with Crippen molar-refractivity contribution in [3.63, 3.8) is 0 Å². The molecule has 8 heteroatoms. The molecule has 2 aliphatic heterocycles. The van der Waals surface area contributed by atoms with Gasteiger partial charge in [0.2, 0.25) is 0 Å². The highest BCUT2D eigenvalue weighted by atomic mass is 16.5. The normalized spacial score (nSPS) is 19.9. The molecule has 0 bridgehead atoms. The molecule has 2 saturated heterocycles. The van der Waals surface area contributed by atoms with Crippen molar-refractivity contribution in [3.05, 3.63) is 47.0 Å². The van der Waals surface area contributed by atoms with E-state index in [0.717, 1.165) is 24.2 Å². The van der Waals surface area contributed by atoms with Gasteiger partial charge < -0.3 is 14.5 Å². The third-order valence-electron chi connectivity index (χ3n) is 5.43. The van der Waals surface area contributed by atoms with Gasteiger partial charge in [-0.1, -0.05) is 0 Å². The Balaban J connectivity index is 1.50. The van der Waals surface area contributed by atoms with Crippen molar-refractivity contribution in [2.45, 2.75) is 25.8 Å². The zero-order chi connectivity index (χ0) is 19.7. The zero-order valence-corrected chi connectivity index (χ0v) is 16.3. The third-order valence-corrected chi connectivity index (χ3v) is 5.43. The summed E-state index contributed by atoms with van der Waals surface area (Å²) in [6.45, 7) is 4.91. The van der Waals surface area contributed by atoms with Gasteiger partial charge in [0.25, 0.3) is 11.8 Å². The van der Waals surface area contributed by atoms with E-state index in [2.05, 4.69) is 10.1 Å². The van der Waals surface area contributed by atoms with Crippen molar-refractivity contribution >= 4 is 11.8 Å². The molecule has 2 aromatic heterocycles. The highest BCUT2D eigenvalue weighted by molar-refractivity contribution is 5.95. The SMILES string of the molecule is Cc1nn(C)cc1C(=O)N1CCCC1c1ccc(C(=O)N2CCOCC2)cn1. The first kappa shape index (κ1) is 18.6. The summed E-state index contributed by atoms with van der Waals surface area (Å²) < 4.78 is 6.96. The maximum absolute atomic E-state index is 13.0. The van der Waals surface area contributed by atoms with E-state index in [1.54, 1.807) is 22.0 Å². The Labute approximate surface area is 164 Å². The molecule has 4 heterocycles. The number of amides is 2. The van der Waals surface area contributed by atoms with Crippen LogP contribution < -0.4 is 0 Å². The summed E-state index contributed by atoms with van der Waals surface area (Å²) in [5.41, 5.74) is 2.77. The molecular formula is C20H25N5O3. The van der Waals surface area contributed by atoms with Crippen LogP contribution in [-0.2, 0) is 11.8 Å². The van der Waals surface area contributed by atoms with E-state index in [9.17, 15) is 9.59 Å². The molecule has 1 atom stereocenters. The number of nitrogens with zero attached hydrogens (tertiary/aromatic N) is 5. The lowest BCUT2D eigenvalue weighted by Crippen LogP contribution is -2.40. The van der Waals surface area contributed by atoms with Crippen LogP contribution >= 0.6 is 0 Å². The van der Waals surface area contributed by atoms with Gasteiger partial charge in [-0.2, -0.15) is 5.10 Å². The molecule has 0 radical (unpaired) electrons. The summed E-state index contributed by atoms with van der Waals surface area (Å²) in [4.78, 5) is 33.8. The summed E-state index contributed by atoms with van der Waals surface area (Å²) in [5, 5.41) is 4.28. The number of likely N-dealkylation sites (tertiary alicyclic amines) is 1. The maximum Gasteiger partial charge on any atom is 0.257 e. The number of aromatic nitrogens is 3. The smallest absolute Gasteiger partial charge is 0.257 e. The van der Waals surface area contributed by atoms with Crippen molar-refractivity contribution in [1.29, 1.82) is 0 Å². The van der Waals surface area contributed by atoms with Crippen molar-refractivity contribution in [1.82, 2.24) is 24.6 Å². The minimum absolute atomic E-state index is 0.0108. The van der Waals surface area contributed by atoms with Crippen LogP contribution in [0.25, 0.3) is 0 Å². The van der Waals surface area contributed by atoms with Crippen LogP contribution in [0.2, 0.25) is 0 Å². The molecule has 148 valence electrons. The molecule has 1 unspecified atom stereocenters. The number of pyridine rings is 1. The van der Waals surface area contributed by atoms with Crippen LogP contribution in [0.5, 0.6) is 0 Å². The number of carbonyl (C=O) groups excluding carboxylic acids is 2. The van der Waals surface area contributed by atoms with Crippen LogP contribution in [0, 0.1) is 6.92 Å². The lowest BCUT2D eigenvalue weighted by atomic mass is 10.1. The molecule has 4 rings (SSSR count). The first-order valence-electron chi connectivity index (χ1n) is 9.69. The highest BCUT2D eigenvalue weighted by Gasteiger charge is 2.33. The van der Waals surface area contributed by atoms with Crippen LogP contribution in [-0.4, -0.2) is 69.2 Å². The van der Waals surface area contributed by atoms with Crippen molar-refractivity contribution in [2.24, 2.45) is 7.05 Å². The second-order valence-corrected chi connectivity index (χ2v) is 7.33. The highest BCUT2D eigenvalue weighted by Crippen LogP contribution is 2.32. The Morgan fingerprint density at radius 3 is 2.57 bits per heavy atom. The molecule has 0 aliphatic carbocycles. The first-order chi connectivity index (χ1) is 13.5. The number of ether oxygens (including phenoxy) is 1. The summed E-state index contributed by atoms with van der Waals surface area (Å²) >= 11 is 0. The zero-order valence-electron chi connectivity index (χ0n) is 16.3. The fourth-order valence-electron chi connectivity index (χ4n) is 3.96. The average Bonchev–Trinajstić information content (AvgIpc) is 3.34. The minimum atomic E-state index is -0.0698. The van der Waals surface area contributed by atoms with Crippen LogP contribution in [0.1, 0.15) is 51.0 Å². The molecule has 0 aromatic carbocycles. The van der Waals surface area contributed by atoms with Gasteiger partial charge in [-0.15, -0.1) is 0 Å². The number of aryl methyl sites for hydroxylation is 2. The monoisotopic (exact) mass is 383 g/mol. The molecule has 2 fully saturated rings. The predicted molar refractivity (Wildman–Crippen MR) is 102 cm³/mol. The Bertz CT molecular complexity index is 870. The maximum atomic E-state index is 13.0. The molecule has 2 aliphatic rings. The van der Waals surface area contributed by atoms with E-state index >= 15 is 0 Å². The average molecular weight is 383 g/mol. The van der Waals surface area contributed by atoms with Gasteiger partial charge in [-0.05, 0) is 31.9 Å². The Hall–Kier alpha value is -2.74. The number of rotatable bonds is 3. The van der Waals surface area contributed by atoms with Crippen molar-refractivity contribution in [3.8, 4) is 0 Å². The number of carbonyl (C=O) groups is 2. The minimum Gasteiger partial charge on any atom is -0.378 e. The number of hydrogen-bond acceptors (Lipinski definition) is 5. The van der Waals surface area contributed by atoms with E-state index in [4.69, 9.17) is 4.74 Å². The summed E-state index contributed by atoms with van der Waals surface area (Å²) in [7, 11) is 1.82. The van der Waals surface area contributed by atoms with Gasteiger partial charge in [0.15, 0.2) is 0 Å². The van der Waals surface area contributed by atoms with E-state index < -0.39 is 0 Å². The van der Waals surface area contributed by atoms with Crippen molar-refractivity contribution < 1.29 is 14.3 Å². The van der Waals surface area contributed by atoms with Crippen LogP contribution in [0.15, 0.2) is 24.5 Å². The predicted octanol–water partition coefficient (Wildman–Crippen LogP) is 1.57. The van der Waals surface area contributed by atoms with Crippen molar-refractivity contribution in [2.75, 3.05) is 32.8 Å². The topological polar surface area (TPSA) is 80.6 Å². The second-order valence-electron chi connectivity index (χ2n) is 7.33. The second kappa shape index (κ2) is 7.71. The fourth-order valence-corrected chi connectivity index (χ4v) is 3.96. The standard InChI is InChI=1S/C20H25N5O3/c1-14-16(13-23(2)22-14)20(27)25-7-3-4-18(25)17-6-5-15(12-21-17)19(26)24-8-10-28-11-9-24/h5-6,12-13,18H,3-4,7-11H2,1-2H3. The Morgan fingerprint density at radius 2 is 1.93 bits per heavy atom. The molecule has 0 N–H and O–H groups in total. The Kier molecular flexibility index (Phi) is 5.13. The molecule has 0 saturated carbocycles. The van der Waals surface area contributed by atoms with Gasteiger partial charge in [-0.3, -0.25) is 19.3 Å². The van der Waals surface area contributed by atoms with Crippen LogP contribution in [0.3, 0.4) is 0 Å². The summed E-state index contributed by atoms with van der Waals surface area (Å²) in [6.07, 6.45) is 5.20. The molecular weight excluding hydrogens is 358 g/mol. The lowest BCUT2D eigenvalue weighted by Gasteiger charge is -2.27. The fraction of sp³-hybridized carbons (Fsp3) is 0.500.